The lowest BCUT2D eigenvalue weighted by Gasteiger charge is -2.23. The topological polar surface area (TPSA) is 50.7 Å². The Balaban J connectivity index is 2.05. The van der Waals surface area contributed by atoms with Crippen molar-refractivity contribution in [2.24, 2.45) is 0 Å². The van der Waals surface area contributed by atoms with Crippen molar-refractivity contribution in [1.82, 2.24) is 5.32 Å². The molecule has 0 aliphatic rings. The van der Waals surface area contributed by atoms with Gasteiger partial charge in [-0.3, -0.25) is 0 Å². The molecule has 0 aliphatic heterocycles. The highest BCUT2D eigenvalue weighted by Crippen LogP contribution is 2.32. The zero-order valence-corrected chi connectivity index (χ0v) is 14.9. The summed E-state index contributed by atoms with van der Waals surface area (Å²) < 4.78 is 11.3. The van der Waals surface area contributed by atoms with Gasteiger partial charge in [-0.1, -0.05) is 18.2 Å². The molecule has 0 aliphatic carbocycles. The maximum absolute atomic E-state index is 10.6. The van der Waals surface area contributed by atoms with Gasteiger partial charge in [0.2, 0.25) is 0 Å². The summed E-state index contributed by atoms with van der Waals surface area (Å²) in [6, 6.07) is 9.74. The van der Waals surface area contributed by atoms with E-state index in [0.717, 1.165) is 21.9 Å². The van der Waals surface area contributed by atoms with Crippen LogP contribution in [0.5, 0.6) is 11.5 Å². The van der Waals surface area contributed by atoms with Crippen LogP contribution in [0.3, 0.4) is 0 Å². The molecular weight excluding hydrogens is 310 g/mol. The third kappa shape index (κ3) is 4.70. The Morgan fingerprint density at radius 2 is 2.04 bits per heavy atom. The highest BCUT2D eigenvalue weighted by Gasteiger charge is 2.24. The zero-order valence-electron chi connectivity index (χ0n) is 14.1. The highest BCUT2D eigenvalue weighted by atomic mass is 32.1. The van der Waals surface area contributed by atoms with Crippen LogP contribution in [0.1, 0.15) is 31.2 Å². The molecule has 0 saturated carbocycles. The molecule has 0 fully saturated rings. The van der Waals surface area contributed by atoms with Gasteiger partial charge in [-0.25, -0.2) is 0 Å². The molecule has 2 aromatic rings. The average Bonchev–Trinajstić information content (AvgIpc) is 3.03. The van der Waals surface area contributed by atoms with E-state index in [1.165, 1.54) is 0 Å². The number of nitrogens with one attached hydrogen (secondary N) is 1. The second-order valence-corrected chi connectivity index (χ2v) is 6.92. The van der Waals surface area contributed by atoms with Crippen molar-refractivity contribution in [1.29, 1.82) is 0 Å². The van der Waals surface area contributed by atoms with Crippen molar-refractivity contribution in [2.75, 3.05) is 13.7 Å². The Kier molecular flexibility index (Phi) is 6.04. The van der Waals surface area contributed by atoms with Crippen molar-refractivity contribution in [3.8, 4) is 11.5 Å². The fourth-order valence-electron chi connectivity index (χ4n) is 2.34. The molecule has 0 spiro atoms. The van der Waals surface area contributed by atoms with Crippen LogP contribution in [0.2, 0.25) is 0 Å². The average molecular weight is 335 g/mol. The summed E-state index contributed by atoms with van der Waals surface area (Å²) in [4.78, 5) is 0.953. The maximum atomic E-state index is 10.6. The van der Waals surface area contributed by atoms with E-state index >= 15 is 0 Å². The molecular formula is C18H25NO3S. The third-order valence-electron chi connectivity index (χ3n) is 3.47. The van der Waals surface area contributed by atoms with E-state index in [1.54, 1.807) is 18.4 Å². The standard InChI is InChI=1S/C18H25NO3S/c1-13(2)22-17-14(7-5-8-15(17)21-4)11-19-12-18(3,20)16-9-6-10-23-16/h5-10,13,19-20H,11-12H2,1-4H3. The molecule has 1 aromatic heterocycles. The van der Waals surface area contributed by atoms with Crippen LogP contribution < -0.4 is 14.8 Å². The molecule has 1 atom stereocenters. The highest BCUT2D eigenvalue weighted by molar-refractivity contribution is 7.10. The first-order valence-electron chi connectivity index (χ1n) is 7.73. The molecule has 0 saturated heterocycles. The smallest absolute Gasteiger partial charge is 0.166 e. The SMILES string of the molecule is COc1cccc(CNCC(C)(O)c2cccs2)c1OC(C)C. The van der Waals surface area contributed by atoms with Crippen LogP contribution in [-0.4, -0.2) is 24.9 Å². The molecule has 5 heteroatoms. The van der Waals surface area contributed by atoms with E-state index in [9.17, 15) is 5.11 Å². The van der Waals surface area contributed by atoms with E-state index in [0.29, 0.717) is 13.1 Å². The number of thiophene rings is 1. The van der Waals surface area contributed by atoms with E-state index < -0.39 is 5.60 Å². The number of methoxy groups -OCH3 is 1. The number of ether oxygens (including phenoxy) is 2. The summed E-state index contributed by atoms with van der Waals surface area (Å²) >= 11 is 1.56. The second kappa shape index (κ2) is 7.81. The Labute approximate surface area is 142 Å². The minimum absolute atomic E-state index is 0.0688. The molecule has 23 heavy (non-hydrogen) atoms. The fraction of sp³-hybridized carbons (Fsp3) is 0.444. The normalized spacial score (nSPS) is 13.8. The van der Waals surface area contributed by atoms with Gasteiger partial charge < -0.3 is 19.9 Å². The van der Waals surface area contributed by atoms with Crippen molar-refractivity contribution in [3.63, 3.8) is 0 Å². The first kappa shape index (κ1) is 17.8. The molecule has 2 rings (SSSR count). The third-order valence-corrected chi connectivity index (χ3v) is 4.59. The number of benzene rings is 1. The molecule has 4 nitrogen and oxygen atoms in total. The molecule has 0 bridgehead atoms. The van der Waals surface area contributed by atoms with Gasteiger partial charge >= 0.3 is 0 Å². The largest absolute Gasteiger partial charge is 0.493 e. The Hall–Kier alpha value is -1.56. The lowest BCUT2D eigenvalue weighted by Crippen LogP contribution is -2.34. The zero-order chi connectivity index (χ0) is 16.9. The van der Waals surface area contributed by atoms with Crippen LogP contribution in [-0.2, 0) is 12.1 Å². The van der Waals surface area contributed by atoms with Crippen LogP contribution in [0.15, 0.2) is 35.7 Å². The van der Waals surface area contributed by atoms with Gasteiger partial charge in [0.15, 0.2) is 11.5 Å². The summed E-state index contributed by atoms with van der Waals surface area (Å²) in [5, 5.41) is 15.8. The summed E-state index contributed by atoms with van der Waals surface area (Å²) in [7, 11) is 1.64. The van der Waals surface area contributed by atoms with Gasteiger partial charge in [-0.2, -0.15) is 0 Å². The predicted molar refractivity (Wildman–Crippen MR) is 94.4 cm³/mol. The molecule has 2 N–H and O–H groups in total. The first-order valence-corrected chi connectivity index (χ1v) is 8.61. The second-order valence-electron chi connectivity index (χ2n) is 5.97. The van der Waals surface area contributed by atoms with Crippen molar-refractivity contribution in [3.05, 3.63) is 46.2 Å². The molecule has 126 valence electrons. The van der Waals surface area contributed by atoms with Gasteiger partial charge in [0.1, 0.15) is 5.60 Å². The van der Waals surface area contributed by atoms with E-state index in [1.807, 2.05) is 56.5 Å². The Morgan fingerprint density at radius 1 is 1.26 bits per heavy atom. The number of rotatable bonds is 8. The van der Waals surface area contributed by atoms with Gasteiger partial charge in [-0.05, 0) is 38.3 Å². The van der Waals surface area contributed by atoms with E-state index in [2.05, 4.69) is 5.32 Å². The van der Waals surface area contributed by atoms with Crippen molar-refractivity contribution >= 4 is 11.3 Å². The van der Waals surface area contributed by atoms with Crippen molar-refractivity contribution < 1.29 is 14.6 Å². The number of hydrogen-bond donors (Lipinski definition) is 2. The van der Waals surface area contributed by atoms with Crippen LogP contribution >= 0.6 is 11.3 Å². The monoisotopic (exact) mass is 335 g/mol. The maximum Gasteiger partial charge on any atom is 0.166 e. The van der Waals surface area contributed by atoms with Crippen molar-refractivity contribution in [2.45, 2.75) is 39.0 Å². The van der Waals surface area contributed by atoms with Gasteiger partial charge in [0.05, 0.1) is 13.2 Å². The summed E-state index contributed by atoms with van der Waals surface area (Å²) in [6.45, 7) is 6.87. The lowest BCUT2D eigenvalue weighted by molar-refractivity contribution is 0.0603. The molecule has 1 unspecified atom stereocenters. The van der Waals surface area contributed by atoms with Gasteiger partial charge in [-0.15, -0.1) is 11.3 Å². The summed E-state index contributed by atoms with van der Waals surface area (Å²) in [5.41, 5.74) is 0.131. The first-order chi connectivity index (χ1) is 10.9. The molecule has 0 radical (unpaired) electrons. The van der Waals surface area contributed by atoms with Gasteiger partial charge in [0.25, 0.3) is 0 Å². The van der Waals surface area contributed by atoms with Crippen LogP contribution in [0, 0.1) is 0 Å². The van der Waals surface area contributed by atoms with Crippen LogP contribution in [0.4, 0.5) is 0 Å². The summed E-state index contributed by atoms with van der Waals surface area (Å²) in [5.74, 6) is 1.48. The predicted octanol–water partition coefficient (Wildman–Crippen LogP) is 3.54. The van der Waals surface area contributed by atoms with Crippen LogP contribution in [0.25, 0.3) is 0 Å². The Bertz CT molecular complexity index is 609. The van der Waals surface area contributed by atoms with Gasteiger partial charge in [0, 0.05) is 23.5 Å². The summed E-state index contributed by atoms with van der Waals surface area (Å²) in [6.07, 6.45) is 0.0688. The fourth-order valence-corrected chi connectivity index (χ4v) is 3.13. The van der Waals surface area contributed by atoms with E-state index in [-0.39, 0.29) is 6.10 Å². The van der Waals surface area contributed by atoms with E-state index in [4.69, 9.17) is 9.47 Å². The molecule has 1 aromatic carbocycles. The molecule has 0 amide bonds. The minimum atomic E-state index is -0.883. The number of hydrogen-bond acceptors (Lipinski definition) is 5. The Morgan fingerprint density at radius 3 is 2.65 bits per heavy atom. The number of aliphatic hydroxyl groups is 1. The lowest BCUT2D eigenvalue weighted by atomic mass is 10.0. The minimum Gasteiger partial charge on any atom is -0.493 e. The number of para-hydroxylation sites is 1. The quantitative estimate of drug-likeness (QED) is 0.775. The molecule has 1 heterocycles.